The molecule has 20 heavy (non-hydrogen) atoms. The van der Waals surface area contributed by atoms with Crippen LogP contribution in [-0.2, 0) is 11.5 Å². The van der Waals surface area contributed by atoms with Crippen LogP contribution in [0.4, 0.5) is 18.9 Å². The summed E-state index contributed by atoms with van der Waals surface area (Å²) in [6, 6.07) is 4.62. The van der Waals surface area contributed by atoms with Crippen molar-refractivity contribution in [1.29, 1.82) is 0 Å². The molecule has 0 saturated heterocycles. The molecule has 5 heteroatoms. The van der Waals surface area contributed by atoms with Gasteiger partial charge in [-0.15, -0.1) is 0 Å². The normalized spacial score (nSPS) is 16.6. The van der Waals surface area contributed by atoms with Crippen molar-refractivity contribution in [2.75, 3.05) is 18.5 Å². The molecule has 0 atom stereocenters. The molecule has 0 aromatic heterocycles. The van der Waals surface area contributed by atoms with Crippen LogP contribution in [0.15, 0.2) is 18.2 Å². The zero-order valence-electron chi connectivity index (χ0n) is 11.5. The Morgan fingerprint density at radius 3 is 2.45 bits per heavy atom. The van der Waals surface area contributed by atoms with Crippen molar-refractivity contribution in [1.82, 2.24) is 0 Å². The number of hydrogen-bond acceptors (Lipinski definition) is 1. The first-order chi connectivity index (χ1) is 9.41. The molecule has 0 unspecified atom stereocenters. The Bertz CT molecular complexity index is 453. The molecule has 1 saturated carbocycles. The summed E-state index contributed by atoms with van der Waals surface area (Å²) in [5.41, 5.74) is 0.398. The Balaban J connectivity index is 2.19. The van der Waals surface area contributed by atoms with E-state index in [0.717, 1.165) is 6.54 Å². The number of anilines is 1. The van der Waals surface area contributed by atoms with Crippen LogP contribution in [0, 0.1) is 5.92 Å². The number of halogens is 4. The summed E-state index contributed by atoms with van der Waals surface area (Å²) in [6.07, 6.45) is 0.572. The van der Waals surface area contributed by atoms with Gasteiger partial charge >= 0.3 is 6.18 Å². The summed E-state index contributed by atoms with van der Waals surface area (Å²) in [5.74, 6) is 0.616. The lowest BCUT2D eigenvalue weighted by molar-refractivity contribution is -0.138. The number of benzene rings is 1. The van der Waals surface area contributed by atoms with Gasteiger partial charge < -0.3 is 4.90 Å². The fourth-order valence-electron chi connectivity index (χ4n) is 2.87. The predicted octanol–water partition coefficient (Wildman–Crippen LogP) is 5.23. The van der Waals surface area contributed by atoms with Gasteiger partial charge in [0.15, 0.2) is 0 Å². The molecule has 112 valence electrons. The van der Waals surface area contributed by atoms with Crippen LogP contribution in [0.3, 0.4) is 0 Å². The van der Waals surface area contributed by atoms with Crippen molar-refractivity contribution in [3.63, 3.8) is 0 Å². The molecule has 1 nitrogen and oxygen atoms in total. The van der Waals surface area contributed by atoms with Crippen LogP contribution in [0.5, 0.6) is 0 Å². The molecule has 0 heterocycles. The molecule has 0 amide bonds. The highest BCUT2D eigenvalue weighted by atomic mass is 79.9. The maximum Gasteiger partial charge on any atom is 0.416 e. The third-order valence-electron chi connectivity index (χ3n) is 3.99. The first kappa shape index (κ1) is 15.7. The second-order valence-electron chi connectivity index (χ2n) is 5.50. The van der Waals surface area contributed by atoms with Gasteiger partial charge in [0.1, 0.15) is 0 Å². The second-order valence-corrected chi connectivity index (χ2v) is 6.06. The molecule has 0 spiro atoms. The van der Waals surface area contributed by atoms with Crippen molar-refractivity contribution in [2.24, 2.45) is 5.92 Å². The topological polar surface area (TPSA) is 3.24 Å². The van der Waals surface area contributed by atoms with E-state index >= 15 is 0 Å². The minimum Gasteiger partial charge on any atom is -0.374 e. The minimum atomic E-state index is -4.30. The first-order valence-electron chi connectivity index (χ1n) is 6.89. The zero-order valence-corrected chi connectivity index (χ0v) is 13.1. The van der Waals surface area contributed by atoms with E-state index in [9.17, 15) is 13.2 Å². The van der Waals surface area contributed by atoms with E-state index in [-0.39, 0.29) is 10.9 Å². The second kappa shape index (κ2) is 6.37. The standard InChI is InChI=1S/C15H19BrF3N/c1-20(10-11-4-2-3-5-11)13-7-6-12(9-16)14(8-13)15(17,18)19/h6-8,11H,2-5,9-10H2,1H3. The van der Waals surface area contributed by atoms with Gasteiger partial charge in [-0.1, -0.05) is 34.8 Å². The van der Waals surface area contributed by atoms with E-state index in [1.807, 2.05) is 11.9 Å². The van der Waals surface area contributed by atoms with Crippen LogP contribution in [0.25, 0.3) is 0 Å². The van der Waals surface area contributed by atoms with E-state index in [0.29, 0.717) is 11.6 Å². The zero-order chi connectivity index (χ0) is 14.8. The number of hydrogen-bond donors (Lipinski definition) is 0. The molecule has 1 aromatic carbocycles. The van der Waals surface area contributed by atoms with Gasteiger partial charge in [0.2, 0.25) is 0 Å². The molecule has 0 radical (unpaired) electrons. The average Bonchev–Trinajstić information content (AvgIpc) is 2.89. The third kappa shape index (κ3) is 3.68. The van der Waals surface area contributed by atoms with Gasteiger partial charge in [-0.05, 0) is 36.5 Å². The van der Waals surface area contributed by atoms with Crippen molar-refractivity contribution in [3.8, 4) is 0 Å². The van der Waals surface area contributed by atoms with E-state index in [1.165, 1.54) is 31.7 Å². The maximum atomic E-state index is 13.0. The quantitative estimate of drug-likeness (QED) is 0.673. The summed E-state index contributed by atoms with van der Waals surface area (Å²) < 4.78 is 39.1. The van der Waals surface area contributed by atoms with Crippen LogP contribution < -0.4 is 4.90 Å². The minimum absolute atomic E-state index is 0.217. The molecule has 0 N–H and O–H groups in total. The Morgan fingerprint density at radius 2 is 1.90 bits per heavy atom. The maximum absolute atomic E-state index is 13.0. The van der Waals surface area contributed by atoms with Gasteiger partial charge in [0.25, 0.3) is 0 Å². The first-order valence-corrected chi connectivity index (χ1v) is 8.01. The van der Waals surface area contributed by atoms with Crippen LogP contribution in [-0.4, -0.2) is 13.6 Å². The Morgan fingerprint density at radius 1 is 1.25 bits per heavy atom. The summed E-state index contributed by atoms with van der Waals surface area (Å²) in [6.45, 7) is 0.838. The number of alkyl halides is 4. The molecule has 1 aliphatic rings. The van der Waals surface area contributed by atoms with Crippen molar-refractivity contribution < 1.29 is 13.2 Å². The van der Waals surface area contributed by atoms with E-state index < -0.39 is 11.7 Å². The Hall–Kier alpha value is -0.710. The van der Waals surface area contributed by atoms with Gasteiger partial charge in [-0.3, -0.25) is 0 Å². The molecule has 0 bridgehead atoms. The van der Waals surface area contributed by atoms with Crippen LogP contribution >= 0.6 is 15.9 Å². The van der Waals surface area contributed by atoms with Crippen molar-refractivity contribution in [2.45, 2.75) is 37.2 Å². The predicted molar refractivity (Wildman–Crippen MR) is 79.3 cm³/mol. The third-order valence-corrected chi connectivity index (χ3v) is 4.59. The summed E-state index contributed by atoms with van der Waals surface area (Å²) >= 11 is 3.12. The highest BCUT2D eigenvalue weighted by Gasteiger charge is 2.33. The van der Waals surface area contributed by atoms with E-state index in [1.54, 1.807) is 12.1 Å². The fourth-order valence-corrected chi connectivity index (χ4v) is 3.36. The Labute approximate surface area is 126 Å². The molecule has 2 rings (SSSR count). The molecular weight excluding hydrogens is 331 g/mol. The van der Waals surface area contributed by atoms with Gasteiger partial charge in [0, 0.05) is 24.6 Å². The Kier molecular flexibility index (Phi) is 4.99. The highest BCUT2D eigenvalue weighted by molar-refractivity contribution is 9.08. The summed E-state index contributed by atoms with van der Waals surface area (Å²) in [5, 5.41) is 0.217. The summed E-state index contributed by atoms with van der Waals surface area (Å²) in [4.78, 5) is 1.95. The lowest BCUT2D eigenvalue weighted by Crippen LogP contribution is -2.24. The SMILES string of the molecule is CN(CC1CCCC1)c1ccc(CBr)c(C(F)(F)F)c1. The number of nitrogens with zero attached hydrogens (tertiary/aromatic N) is 1. The van der Waals surface area contributed by atoms with Crippen LogP contribution in [0.2, 0.25) is 0 Å². The van der Waals surface area contributed by atoms with Gasteiger partial charge in [-0.2, -0.15) is 13.2 Å². The number of rotatable bonds is 4. The van der Waals surface area contributed by atoms with Crippen molar-refractivity contribution in [3.05, 3.63) is 29.3 Å². The molecule has 1 aliphatic carbocycles. The largest absolute Gasteiger partial charge is 0.416 e. The highest BCUT2D eigenvalue weighted by Crippen LogP contribution is 2.36. The van der Waals surface area contributed by atoms with Crippen LogP contribution in [0.1, 0.15) is 36.8 Å². The lowest BCUT2D eigenvalue weighted by atomic mass is 10.1. The van der Waals surface area contributed by atoms with Gasteiger partial charge in [0.05, 0.1) is 5.56 Å². The smallest absolute Gasteiger partial charge is 0.374 e. The van der Waals surface area contributed by atoms with Crippen molar-refractivity contribution >= 4 is 21.6 Å². The molecule has 0 aliphatic heterocycles. The molecular formula is C15H19BrF3N. The van der Waals surface area contributed by atoms with E-state index in [2.05, 4.69) is 15.9 Å². The fraction of sp³-hybridized carbons (Fsp3) is 0.600. The molecule has 1 aromatic rings. The average molecular weight is 350 g/mol. The van der Waals surface area contributed by atoms with Gasteiger partial charge in [-0.25, -0.2) is 0 Å². The van der Waals surface area contributed by atoms with E-state index in [4.69, 9.17) is 0 Å². The monoisotopic (exact) mass is 349 g/mol. The lowest BCUT2D eigenvalue weighted by Gasteiger charge is -2.24. The molecule has 1 fully saturated rings. The summed E-state index contributed by atoms with van der Waals surface area (Å²) in [7, 11) is 1.88.